The first-order chi connectivity index (χ1) is 10.2. The average Bonchev–Trinajstić information content (AvgIpc) is 2.52. The molecule has 2 aromatic carbocycles. The van der Waals surface area contributed by atoms with Gasteiger partial charge < -0.3 is 15.3 Å². The van der Waals surface area contributed by atoms with Crippen molar-refractivity contribution in [2.45, 2.75) is 25.7 Å². The Balaban J connectivity index is 0.000000240. The van der Waals surface area contributed by atoms with E-state index in [-0.39, 0.29) is 19.0 Å². The molecule has 0 atom stereocenters. The van der Waals surface area contributed by atoms with Gasteiger partial charge in [0.1, 0.15) is 5.75 Å². The predicted molar refractivity (Wildman–Crippen MR) is 83.6 cm³/mol. The van der Waals surface area contributed by atoms with Crippen molar-refractivity contribution in [1.82, 2.24) is 0 Å². The fourth-order valence-corrected chi connectivity index (χ4v) is 1.99. The van der Waals surface area contributed by atoms with E-state index in [2.05, 4.69) is 0 Å². The molecule has 2 rings (SSSR count). The summed E-state index contributed by atoms with van der Waals surface area (Å²) in [6.07, 6.45) is 4.51. The van der Waals surface area contributed by atoms with Crippen molar-refractivity contribution in [3.8, 4) is 5.75 Å². The van der Waals surface area contributed by atoms with Crippen LogP contribution in [-0.2, 0) is 0 Å². The molecule has 0 heterocycles. The van der Waals surface area contributed by atoms with Crippen LogP contribution < -0.4 is 0 Å². The second-order valence-corrected chi connectivity index (χ2v) is 4.70. The number of aromatic hydroxyl groups is 1. The van der Waals surface area contributed by atoms with Crippen LogP contribution in [0.2, 0.25) is 0 Å². The average molecular weight is 290 g/mol. The summed E-state index contributed by atoms with van der Waals surface area (Å²) in [4.78, 5) is 10.7. The maximum absolute atomic E-state index is 10.7. The zero-order valence-electron chi connectivity index (χ0n) is 12.0. The van der Waals surface area contributed by atoms with E-state index in [1.165, 1.54) is 6.07 Å². The third-order valence-corrected chi connectivity index (χ3v) is 3.13. The molecule has 0 saturated carbocycles. The first kappa shape index (κ1) is 17.1. The molecular weight excluding hydrogens is 268 g/mol. The number of hydrogen-bond acceptors (Lipinski definition) is 4. The number of unbranched alkanes of at least 4 members (excludes halogenated alkanes) is 3. The largest absolute Gasteiger partial charge is 0.507 e. The summed E-state index contributed by atoms with van der Waals surface area (Å²) >= 11 is 0. The Morgan fingerprint density at radius 1 is 0.857 bits per heavy atom. The first-order valence-corrected chi connectivity index (χ1v) is 7.12. The SMILES string of the molecule is O=Cc1c(O)ccc2ccccc12.OCCCCCCO. The molecule has 4 nitrogen and oxygen atoms in total. The third kappa shape index (κ3) is 5.53. The molecule has 0 saturated heterocycles. The Hall–Kier alpha value is -1.91. The lowest BCUT2D eigenvalue weighted by Gasteiger charge is -2.01. The van der Waals surface area contributed by atoms with Crippen molar-refractivity contribution in [3.05, 3.63) is 42.0 Å². The molecule has 0 aliphatic heterocycles. The van der Waals surface area contributed by atoms with Crippen molar-refractivity contribution in [2.75, 3.05) is 13.2 Å². The molecule has 0 amide bonds. The Bertz CT molecular complexity index is 545. The number of carbonyl (C=O) groups is 1. The number of aliphatic hydroxyl groups is 2. The van der Waals surface area contributed by atoms with E-state index in [1.54, 1.807) is 6.07 Å². The van der Waals surface area contributed by atoms with Crippen LogP contribution in [-0.4, -0.2) is 34.8 Å². The van der Waals surface area contributed by atoms with Crippen molar-refractivity contribution >= 4 is 17.1 Å². The molecule has 3 N–H and O–H groups in total. The number of phenols is 1. The van der Waals surface area contributed by atoms with Gasteiger partial charge in [-0.05, 0) is 29.7 Å². The molecule has 0 aliphatic rings. The number of aliphatic hydroxyl groups excluding tert-OH is 2. The van der Waals surface area contributed by atoms with Crippen LogP contribution >= 0.6 is 0 Å². The van der Waals surface area contributed by atoms with Crippen LogP contribution in [0.5, 0.6) is 5.75 Å². The number of fused-ring (bicyclic) bond motifs is 1. The molecule has 0 radical (unpaired) electrons. The highest BCUT2D eigenvalue weighted by molar-refractivity contribution is 6.00. The minimum Gasteiger partial charge on any atom is -0.507 e. The van der Waals surface area contributed by atoms with Gasteiger partial charge in [0, 0.05) is 13.2 Å². The second kappa shape index (κ2) is 9.91. The third-order valence-electron chi connectivity index (χ3n) is 3.13. The predicted octanol–water partition coefficient (Wildman–Crippen LogP) is 2.89. The van der Waals surface area contributed by atoms with Gasteiger partial charge in [0.25, 0.3) is 0 Å². The molecule has 0 bridgehead atoms. The van der Waals surface area contributed by atoms with Crippen LogP contribution in [0.25, 0.3) is 10.8 Å². The normalized spacial score (nSPS) is 10.0. The summed E-state index contributed by atoms with van der Waals surface area (Å²) < 4.78 is 0. The summed E-state index contributed by atoms with van der Waals surface area (Å²) in [7, 11) is 0. The number of rotatable bonds is 6. The lowest BCUT2D eigenvalue weighted by Crippen LogP contribution is -1.85. The highest BCUT2D eigenvalue weighted by Crippen LogP contribution is 2.24. The van der Waals surface area contributed by atoms with Gasteiger partial charge in [-0.2, -0.15) is 0 Å². The Morgan fingerprint density at radius 2 is 1.48 bits per heavy atom. The van der Waals surface area contributed by atoms with Crippen molar-refractivity contribution < 1.29 is 20.1 Å². The molecule has 4 heteroatoms. The first-order valence-electron chi connectivity index (χ1n) is 7.12. The fourth-order valence-electron chi connectivity index (χ4n) is 1.99. The molecule has 0 aliphatic carbocycles. The van der Waals surface area contributed by atoms with Crippen LogP contribution in [0.3, 0.4) is 0 Å². The molecule has 114 valence electrons. The van der Waals surface area contributed by atoms with E-state index in [9.17, 15) is 9.90 Å². The summed E-state index contributed by atoms with van der Waals surface area (Å²) in [6.45, 7) is 0.566. The van der Waals surface area contributed by atoms with Gasteiger partial charge in [-0.25, -0.2) is 0 Å². The van der Waals surface area contributed by atoms with Gasteiger partial charge in [-0.3, -0.25) is 4.79 Å². The number of carbonyl (C=O) groups excluding carboxylic acids is 1. The summed E-state index contributed by atoms with van der Waals surface area (Å²) in [5.74, 6) is 0.0358. The van der Waals surface area contributed by atoms with Gasteiger partial charge in [-0.1, -0.05) is 43.2 Å². The number of hydrogen-bond donors (Lipinski definition) is 3. The van der Waals surface area contributed by atoms with Crippen LogP contribution in [0.1, 0.15) is 36.0 Å². The minimum atomic E-state index is 0.0358. The van der Waals surface area contributed by atoms with E-state index in [0.29, 0.717) is 11.8 Å². The smallest absolute Gasteiger partial charge is 0.154 e. The highest BCUT2D eigenvalue weighted by Gasteiger charge is 2.03. The van der Waals surface area contributed by atoms with Crippen LogP contribution in [0.15, 0.2) is 36.4 Å². The van der Waals surface area contributed by atoms with Crippen molar-refractivity contribution in [3.63, 3.8) is 0 Å². The van der Waals surface area contributed by atoms with Gasteiger partial charge in [-0.15, -0.1) is 0 Å². The van der Waals surface area contributed by atoms with Gasteiger partial charge in [0.2, 0.25) is 0 Å². The van der Waals surface area contributed by atoms with Crippen LogP contribution in [0, 0.1) is 0 Å². The molecular formula is C17H22O4. The zero-order chi connectivity index (χ0) is 15.5. The quantitative estimate of drug-likeness (QED) is 0.564. The Morgan fingerprint density at radius 3 is 2.05 bits per heavy atom. The molecule has 0 spiro atoms. The molecule has 21 heavy (non-hydrogen) atoms. The molecule has 0 aromatic heterocycles. The summed E-state index contributed by atoms with van der Waals surface area (Å²) in [5.41, 5.74) is 0.359. The zero-order valence-corrected chi connectivity index (χ0v) is 12.0. The van der Waals surface area contributed by atoms with E-state index in [1.807, 2.05) is 24.3 Å². The van der Waals surface area contributed by atoms with Gasteiger partial charge in [0.15, 0.2) is 6.29 Å². The minimum absolute atomic E-state index is 0.0358. The number of aldehydes is 1. The second-order valence-electron chi connectivity index (χ2n) is 4.70. The molecule has 0 unspecified atom stereocenters. The fraction of sp³-hybridized carbons (Fsp3) is 0.353. The standard InChI is InChI=1S/C11H8O2.C6H14O2/c12-7-10-9-4-2-1-3-8(9)5-6-11(10)13;7-5-3-1-2-4-6-8/h1-7,13H;7-8H,1-6H2. The van der Waals surface area contributed by atoms with Crippen LogP contribution in [0.4, 0.5) is 0 Å². The van der Waals surface area contributed by atoms with Crippen molar-refractivity contribution in [1.29, 1.82) is 0 Å². The van der Waals surface area contributed by atoms with Crippen molar-refractivity contribution in [2.24, 2.45) is 0 Å². The molecule has 2 aromatic rings. The van der Waals surface area contributed by atoms with E-state index < -0.39 is 0 Å². The number of phenolic OH excluding ortho intramolecular Hbond substituents is 1. The maximum atomic E-state index is 10.7. The van der Waals surface area contributed by atoms with E-state index in [0.717, 1.165) is 36.5 Å². The maximum Gasteiger partial charge on any atom is 0.154 e. The highest BCUT2D eigenvalue weighted by atomic mass is 16.3. The van der Waals surface area contributed by atoms with Gasteiger partial charge >= 0.3 is 0 Å². The lowest BCUT2D eigenvalue weighted by molar-refractivity contribution is 0.112. The van der Waals surface area contributed by atoms with E-state index >= 15 is 0 Å². The Labute approximate surface area is 124 Å². The monoisotopic (exact) mass is 290 g/mol. The topological polar surface area (TPSA) is 77.8 Å². The lowest BCUT2D eigenvalue weighted by atomic mass is 10.0. The summed E-state index contributed by atoms with van der Waals surface area (Å²) in [6, 6.07) is 10.8. The number of benzene rings is 2. The summed E-state index contributed by atoms with van der Waals surface area (Å²) in [5, 5.41) is 27.7. The molecule has 0 fully saturated rings. The Kier molecular flexibility index (Phi) is 8.09. The van der Waals surface area contributed by atoms with E-state index in [4.69, 9.17) is 10.2 Å². The van der Waals surface area contributed by atoms with Gasteiger partial charge in [0.05, 0.1) is 5.56 Å².